The van der Waals surface area contributed by atoms with Crippen molar-refractivity contribution in [2.45, 2.75) is 26.0 Å². The van der Waals surface area contributed by atoms with Crippen molar-refractivity contribution in [2.24, 2.45) is 0 Å². The van der Waals surface area contributed by atoms with E-state index in [4.69, 9.17) is 4.74 Å². The highest BCUT2D eigenvalue weighted by Gasteiger charge is 2.12. The quantitative estimate of drug-likeness (QED) is 0.574. The van der Waals surface area contributed by atoms with Crippen LogP contribution in [0.2, 0.25) is 0 Å². The first-order valence-electron chi connectivity index (χ1n) is 7.81. The summed E-state index contributed by atoms with van der Waals surface area (Å²) in [6, 6.07) is 14.1. The maximum Gasteiger partial charge on any atom is 0.273 e. The van der Waals surface area contributed by atoms with Gasteiger partial charge in [0.05, 0.1) is 11.0 Å². The van der Waals surface area contributed by atoms with Crippen LogP contribution in [-0.4, -0.2) is 29.3 Å². The number of hydrogen-bond donors (Lipinski definition) is 2. The lowest BCUT2D eigenvalue weighted by atomic mass is 10.0. The second-order valence-electron chi connectivity index (χ2n) is 5.71. The van der Waals surface area contributed by atoms with Gasteiger partial charge in [0.25, 0.3) is 5.69 Å². The van der Waals surface area contributed by atoms with E-state index in [1.165, 1.54) is 23.3 Å². The third kappa shape index (κ3) is 5.04. The number of hydrogen-bond acceptors (Lipinski definition) is 5. The predicted octanol–water partition coefficient (Wildman–Crippen LogP) is 2.99. The Labute approximate surface area is 141 Å². The minimum absolute atomic E-state index is 0.0340. The lowest BCUT2D eigenvalue weighted by Crippen LogP contribution is -2.33. The van der Waals surface area contributed by atoms with E-state index in [1.807, 2.05) is 19.1 Å². The van der Waals surface area contributed by atoms with Crippen LogP contribution >= 0.6 is 0 Å². The van der Waals surface area contributed by atoms with Crippen molar-refractivity contribution >= 4 is 5.69 Å². The van der Waals surface area contributed by atoms with E-state index in [2.05, 4.69) is 24.4 Å². The monoisotopic (exact) mass is 330 g/mol. The van der Waals surface area contributed by atoms with E-state index in [0.717, 1.165) is 0 Å². The Morgan fingerprint density at radius 3 is 2.71 bits per heavy atom. The maximum absolute atomic E-state index is 10.7. The first kappa shape index (κ1) is 17.9. The topological polar surface area (TPSA) is 84.6 Å². The minimum atomic E-state index is -0.712. The number of rotatable bonds is 8. The Morgan fingerprint density at radius 2 is 2.00 bits per heavy atom. The molecule has 0 fully saturated rings. The molecule has 0 radical (unpaired) electrons. The van der Waals surface area contributed by atoms with Gasteiger partial charge in [-0.2, -0.15) is 0 Å². The van der Waals surface area contributed by atoms with Crippen LogP contribution in [0.4, 0.5) is 5.69 Å². The average molecular weight is 330 g/mol. The van der Waals surface area contributed by atoms with Gasteiger partial charge in [0.1, 0.15) is 18.5 Å². The molecule has 0 saturated carbocycles. The molecule has 0 aromatic heterocycles. The Morgan fingerprint density at radius 1 is 1.25 bits per heavy atom. The van der Waals surface area contributed by atoms with E-state index in [9.17, 15) is 15.2 Å². The van der Waals surface area contributed by atoms with Crippen molar-refractivity contribution in [3.8, 4) is 5.75 Å². The molecule has 2 aromatic rings. The highest BCUT2D eigenvalue weighted by molar-refractivity contribution is 5.37. The number of ether oxygens (including phenoxy) is 1. The number of nitrogens with one attached hydrogen (secondary N) is 1. The Kier molecular flexibility index (Phi) is 6.28. The number of aliphatic hydroxyl groups is 1. The lowest BCUT2D eigenvalue weighted by molar-refractivity contribution is -0.384. The second kappa shape index (κ2) is 8.42. The SMILES string of the molecule is Cc1ccccc1C(C)NCC(O)COc1cccc([N+](=O)[O-])c1. The summed E-state index contributed by atoms with van der Waals surface area (Å²) in [7, 11) is 0. The molecule has 0 bridgehead atoms. The number of aliphatic hydroxyl groups excluding tert-OH is 1. The van der Waals surface area contributed by atoms with Gasteiger partial charge in [0, 0.05) is 18.7 Å². The fourth-order valence-electron chi connectivity index (χ4n) is 2.43. The molecule has 2 N–H and O–H groups in total. The molecular weight excluding hydrogens is 308 g/mol. The molecule has 2 atom stereocenters. The molecule has 6 heteroatoms. The third-order valence-corrected chi connectivity index (χ3v) is 3.79. The van der Waals surface area contributed by atoms with Crippen LogP contribution in [0.25, 0.3) is 0 Å². The van der Waals surface area contributed by atoms with Gasteiger partial charge in [-0.05, 0) is 31.0 Å². The molecule has 128 valence electrons. The highest BCUT2D eigenvalue weighted by Crippen LogP contribution is 2.19. The fourth-order valence-corrected chi connectivity index (χ4v) is 2.43. The third-order valence-electron chi connectivity index (χ3n) is 3.79. The van der Waals surface area contributed by atoms with Crippen LogP contribution in [0.3, 0.4) is 0 Å². The smallest absolute Gasteiger partial charge is 0.273 e. The molecule has 0 aliphatic rings. The summed E-state index contributed by atoms with van der Waals surface area (Å²) in [6.07, 6.45) is -0.712. The van der Waals surface area contributed by atoms with E-state index >= 15 is 0 Å². The summed E-state index contributed by atoms with van der Waals surface area (Å²) in [5.41, 5.74) is 2.34. The molecule has 2 aromatic carbocycles. The zero-order chi connectivity index (χ0) is 17.5. The number of nitro groups is 1. The molecule has 0 saturated heterocycles. The molecule has 0 heterocycles. The van der Waals surface area contributed by atoms with E-state index in [-0.39, 0.29) is 18.3 Å². The highest BCUT2D eigenvalue weighted by atomic mass is 16.6. The molecule has 0 aliphatic carbocycles. The number of nitrogens with zero attached hydrogens (tertiary/aromatic N) is 1. The van der Waals surface area contributed by atoms with Crippen molar-refractivity contribution < 1.29 is 14.8 Å². The minimum Gasteiger partial charge on any atom is -0.491 e. The van der Waals surface area contributed by atoms with Crippen LogP contribution in [0.15, 0.2) is 48.5 Å². The first-order chi connectivity index (χ1) is 11.5. The Hall–Kier alpha value is -2.44. The van der Waals surface area contributed by atoms with Crippen molar-refractivity contribution in [3.05, 3.63) is 69.8 Å². The molecule has 24 heavy (non-hydrogen) atoms. The van der Waals surface area contributed by atoms with Crippen LogP contribution in [0.5, 0.6) is 5.75 Å². The van der Waals surface area contributed by atoms with Gasteiger partial charge >= 0.3 is 0 Å². The summed E-state index contributed by atoms with van der Waals surface area (Å²) >= 11 is 0. The fraction of sp³-hybridized carbons (Fsp3) is 0.333. The predicted molar refractivity (Wildman–Crippen MR) is 92.2 cm³/mol. The number of benzene rings is 2. The van der Waals surface area contributed by atoms with Gasteiger partial charge < -0.3 is 15.2 Å². The van der Waals surface area contributed by atoms with Crippen LogP contribution in [-0.2, 0) is 0 Å². The standard InChI is InChI=1S/C18H22N2O4/c1-13-6-3-4-9-18(13)14(2)19-11-16(21)12-24-17-8-5-7-15(10-17)20(22)23/h3-10,14,16,19,21H,11-12H2,1-2H3. The first-order valence-corrected chi connectivity index (χ1v) is 7.81. The number of non-ortho nitro benzene ring substituents is 1. The molecule has 2 rings (SSSR count). The van der Waals surface area contributed by atoms with Crippen LogP contribution < -0.4 is 10.1 Å². The van der Waals surface area contributed by atoms with Crippen molar-refractivity contribution in [1.29, 1.82) is 0 Å². The second-order valence-corrected chi connectivity index (χ2v) is 5.71. The molecular formula is C18H22N2O4. The largest absolute Gasteiger partial charge is 0.491 e. The molecule has 0 amide bonds. The Bertz CT molecular complexity index is 690. The molecule has 0 spiro atoms. The van der Waals surface area contributed by atoms with Gasteiger partial charge in [-0.15, -0.1) is 0 Å². The lowest BCUT2D eigenvalue weighted by Gasteiger charge is -2.19. The van der Waals surface area contributed by atoms with Crippen LogP contribution in [0, 0.1) is 17.0 Å². The zero-order valence-electron chi connectivity index (χ0n) is 13.8. The van der Waals surface area contributed by atoms with Gasteiger partial charge in [-0.25, -0.2) is 0 Å². The van der Waals surface area contributed by atoms with Gasteiger partial charge in [-0.3, -0.25) is 10.1 Å². The number of aryl methyl sites for hydroxylation is 1. The maximum atomic E-state index is 10.7. The summed E-state index contributed by atoms with van der Waals surface area (Å²) < 4.78 is 5.43. The molecule has 0 aliphatic heterocycles. The van der Waals surface area contributed by atoms with E-state index in [0.29, 0.717) is 12.3 Å². The Balaban J connectivity index is 1.81. The van der Waals surface area contributed by atoms with E-state index in [1.54, 1.807) is 12.1 Å². The molecule has 6 nitrogen and oxygen atoms in total. The van der Waals surface area contributed by atoms with Gasteiger partial charge in [-0.1, -0.05) is 30.3 Å². The summed E-state index contributed by atoms with van der Waals surface area (Å²) in [6.45, 7) is 4.52. The van der Waals surface area contributed by atoms with Gasteiger partial charge in [0.2, 0.25) is 0 Å². The van der Waals surface area contributed by atoms with Crippen molar-refractivity contribution in [2.75, 3.05) is 13.2 Å². The summed E-state index contributed by atoms with van der Waals surface area (Å²) in [5, 5.41) is 24.0. The zero-order valence-corrected chi connectivity index (χ0v) is 13.8. The average Bonchev–Trinajstić information content (AvgIpc) is 2.58. The van der Waals surface area contributed by atoms with Crippen molar-refractivity contribution in [1.82, 2.24) is 5.32 Å². The summed E-state index contributed by atoms with van der Waals surface area (Å²) in [5.74, 6) is 0.371. The van der Waals surface area contributed by atoms with Gasteiger partial charge in [0.15, 0.2) is 0 Å². The van der Waals surface area contributed by atoms with Crippen molar-refractivity contribution in [3.63, 3.8) is 0 Å². The van der Waals surface area contributed by atoms with Crippen LogP contribution in [0.1, 0.15) is 24.1 Å². The number of nitro benzene ring substituents is 1. The normalized spacial score (nSPS) is 13.3. The summed E-state index contributed by atoms with van der Waals surface area (Å²) in [4.78, 5) is 10.2. The molecule has 2 unspecified atom stereocenters. The van der Waals surface area contributed by atoms with E-state index < -0.39 is 11.0 Å².